The van der Waals surface area contributed by atoms with Gasteiger partial charge in [0, 0.05) is 18.8 Å². The molecule has 1 aromatic heterocycles. The Hall–Kier alpha value is -3.53. The van der Waals surface area contributed by atoms with Crippen molar-refractivity contribution in [1.29, 1.82) is 0 Å². The summed E-state index contributed by atoms with van der Waals surface area (Å²) in [6, 6.07) is 10.6. The number of likely N-dealkylation sites (N-methyl/N-ethyl adjacent to an activating group) is 1. The number of rotatable bonds is 5. The van der Waals surface area contributed by atoms with E-state index in [1.165, 1.54) is 19.3 Å². The standard InChI is InChI=1S/C18H17N3O4/c1-19-16(23)12-21-18(24)17-15(22)10-13(11-20-17)6-5-9-25-14-7-3-2-4-8-14/h2-4,7-8,10-11,22H,9,12H2,1H3,(H,19,23)(H,21,24). The molecule has 0 aliphatic rings. The third-order valence-corrected chi connectivity index (χ3v) is 3.06. The summed E-state index contributed by atoms with van der Waals surface area (Å²) in [5.41, 5.74) is 0.270. The van der Waals surface area contributed by atoms with Gasteiger partial charge in [-0.05, 0) is 18.2 Å². The van der Waals surface area contributed by atoms with Crippen LogP contribution in [0.5, 0.6) is 11.5 Å². The summed E-state index contributed by atoms with van der Waals surface area (Å²) in [6.45, 7) is -0.0199. The average Bonchev–Trinajstić information content (AvgIpc) is 2.64. The van der Waals surface area contributed by atoms with Gasteiger partial charge in [-0.15, -0.1) is 0 Å². The number of hydrogen-bond donors (Lipinski definition) is 3. The van der Waals surface area contributed by atoms with Gasteiger partial charge in [0.15, 0.2) is 5.69 Å². The smallest absolute Gasteiger partial charge is 0.274 e. The molecule has 0 aliphatic carbocycles. The molecule has 0 saturated carbocycles. The maximum absolute atomic E-state index is 11.8. The van der Waals surface area contributed by atoms with Gasteiger partial charge in [0.1, 0.15) is 18.1 Å². The van der Waals surface area contributed by atoms with Crippen LogP contribution in [0.4, 0.5) is 0 Å². The zero-order chi connectivity index (χ0) is 18.1. The van der Waals surface area contributed by atoms with Crippen molar-refractivity contribution in [2.45, 2.75) is 0 Å². The first kappa shape index (κ1) is 17.8. The number of carbonyl (C=O) groups excluding carboxylic acids is 2. The topological polar surface area (TPSA) is 101 Å². The summed E-state index contributed by atoms with van der Waals surface area (Å²) in [5, 5.41) is 14.6. The van der Waals surface area contributed by atoms with Crippen molar-refractivity contribution in [3.05, 3.63) is 53.9 Å². The first-order valence-corrected chi connectivity index (χ1v) is 7.44. The molecule has 25 heavy (non-hydrogen) atoms. The van der Waals surface area contributed by atoms with Gasteiger partial charge < -0.3 is 20.5 Å². The van der Waals surface area contributed by atoms with Crippen molar-refractivity contribution < 1.29 is 19.4 Å². The molecular weight excluding hydrogens is 322 g/mol. The highest BCUT2D eigenvalue weighted by Crippen LogP contribution is 2.15. The van der Waals surface area contributed by atoms with Crippen LogP contribution in [0.15, 0.2) is 42.6 Å². The van der Waals surface area contributed by atoms with Crippen molar-refractivity contribution in [2.24, 2.45) is 0 Å². The van der Waals surface area contributed by atoms with Gasteiger partial charge in [0.05, 0.1) is 6.54 Å². The van der Waals surface area contributed by atoms with E-state index in [1.807, 2.05) is 30.3 Å². The Kier molecular flexibility index (Phi) is 6.37. The van der Waals surface area contributed by atoms with Crippen molar-refractivity contribution in [3.63, 3.8) is 0 Å². The Labute approximate surface area is 145 Å². The molecule has 7 heteroatoms. The van der Waals surface area contributed by atoms with Gasteiger partial charge in [-0.1, -0.05) is 30.0 Å². The monoisotopic (exact) mass is 339 g/mol. The van der Waals surface area contributed by atoms with Crippen LogP contribution >= 0.6 is 0 Å². The minimum atomic E-state index is -0.645. The number of ether oxygens (including phenoxy) is 1. The number of hydrogen-bond acceptors (Lipinski definition) is 5. The molecule has 0 spiro atoms. The Balaban J connectivity index is 1.94. The van der Waals surface area contributed by atoms with Crippen LogP contribution in [0.2, 0.25) is 0 Å². The van der Waals surface area contributed by atoms with Gasteiger partial charge in [-0.3, -0.25) is 9.59 Å². The van der Waals surface area contributed by atoms with Crippen LogP contribution < -0.4 is 15.4 Å². The summed E-state index contributed by atoms with van der Waals surface area (Å²) in [5.74, 6) is 4.98. The fraction of sp³-hybridized carbons (Fsp3) is 0.167. The maximum Gasteiger partial charge on any atom is 0.274 e. The first-order valence-electron chi connectivity index (χ1n) is 7.44. The first-order chi connectivity index (χ1) is 12.1. The summed E-state index contributed by atoms with van der Waals surface area (Å²) >= 11 is 0. The summed E-state index contributed by atoms with van der Waals surface area (Å²) in [6.07, 6.45) is 1.37. The number of para-hydroxylation sites is 1. The fourth-order valence-electron chi connectivity index (χ4n) is 1.80. The van der Waals surface area contributed by atoms with Crippen molar-refractivity contribution in [2.75, 3.05) is 20.2 Å². The van der Waals surface area contributed by atoms with E-state index < -0.39 is 5.91 Å². The molecule has 0 saturated heterocycles. The molecule has 0 fully saturated rings. The molecule has 0 bridgehead atoms. The molecule has 3 N–H and O–H groups in total. The Morgan fingerprint density at radius 1 is 1.28 bits per heavy atom. The number of nitrogens with one attached hydrogen (secondary N) is 2. The molecule has 2 aromatic rings. The van der Waals surface area contributed by atoms with E-state index >= 15 is 0 Å². The average molecular weight is 339 g/mol. The lowest BCUT2D eigenvalue weighted by molar-refractivity contribution is -0.119. The van der Waals surface area contributed by atoms with Crippen LogP contribution in [-0.2, 0) is 4.79 Å². The van der Waals surface area contributed by atoms with E-state index in [0.717, 1.165) is 0 Å². The van der Waals surface area contributed by atoms with E-state index in [9.17, 15) is 14.7 Å². The van der Waals surface area contributed by atoms with E-state index in [0.29, 0.717) is 11.3 Å². The van der Waals surface area contributed by atoms with Crippen LogP contribution in [0.1, 0.15) is 16.1 Å². The second kappa shape index (κ2) is 8.93. The molecule has 1 heterocycles. The highest BCUT2D eigenvalue weighted by Gasteiger charge is 2.13. The second-order valence-electron chi connectivity index (χ2n) is 4.85. The predicted octanol–water partition coefficient (Wildman–Crippen LogP) is 0.693. The van der Waals surface area contributed by atoms with E-state index in [-0.39, 0.29) is 30.5 Å². The zero-order valence-corrected chi connectivity index (χ0v) is 13.6. The van der Waals surface area contributed by atoms with Gasteiger partial charge in [-0.2, -0.15) is 0 Å². The number of aromatic hydroxyl groups is 1. The lowest BCUT2D eigenvalue weighted by Crippen LogP contribution is -2.35. The normalized spacial score (nSPS) is 9.48. The van der Waals surface area contributed by atoms with Crippen LogP contribution in [0.25, 0.3) is 0 Å². The number of aromatic nitrogens is 1. The van der Waals surface area contributed by atoms with Crippen molar-refractivity contribution in [1.82, 2.24) is 15.6 Å². The number of pyridine rings is 1. The van der Waals surface area contributed by atoms with E-state index in [2.05, 4.69) is 27.5 Å². The Bertz CT molecular complexity index is 810. The lowest BCUT2D eigenvalue weighted by atomic mass is 10.2. The lowest BCUT2D eigenvalue weighted by Gasteiger charge is -2.05. The van der Waals surface area contributed by atoms with Gasteiger partial charge in [-0.25, -0.2) is 4.98 Å². The highest BCUT2D eigenvalue weighted by atomic mass is 16.5. The molecule has 2 rings (SSSR count). The number of carbonyl (C=O) groups is 2. The SMILES string of the molecule is CNC(=O)CNC(=O)c1ncc(C#CCOc2ccccc2)cc1O. The third kappa shape index (κ3) is 5.55. The highest BCUT2D eigenvalue weighted by molar-refractivity contribution is 5.97. The molecule has 0 unspecified atom stereocenters. The molecule has 1 aromatic carbocycles. The van der Waals surface area contributed by atoms with E-state index in [4.69, 9.17) is 4.74 Å². The quantitative estimate of drug-likeness (QED) is 0.696. The van der Waals surface area contributed by atoms with Gasteiger partial charge in [0.25, 0.3) is 5.91 Å². The van der Waals surface area contributed by atoms with Crippen LogP contribution in [0, 0.1) is 11.8 Å². The van der Waals surface area contributed by atoms with Crippen LogP contribution in [-0.4, -0.2) is 42.1 Å². The zero-order valence-electron chi connectivity index (χ0n) is 13.6. The molecule has 0 radical (unpaired) electrons. The van der Waals surface area contributed by atoms with Crippen molar-refractivity contribution in [3.8, 4) is 23.3 Å². The van der Waals surface area contributed by atoms with E-state index in [1.54, 1.807) is 0 Å². The Morgan fingerprint density at radius 2 is 2.04 bits per heavy atom. The molecular formula is C18H17N3O4. The molecule has 0 atom stereocenters. The summed E-state index contributed by atoms with van der Waals surface area (Å²) in [7, 11) is 1.46. The molecule has 128 valence electrons. The number of nitrogens with zero attached hydrogens (tertiary/aromatic N) is 1. The number of benzene rings is 1. The minimum absolute atomic E-state index is 0.171. The van der Waals surface area contributed by atoms with Gasteiger partial charge >= 0.3 is 0 Å². The van der Waals surface area contributed by atoms with Crippen LogP contribution in [0.3, 0.4) is 0 Å². The predicted molar refractivity (Wildman–Crippen MR) is 91.1 cm³/mol. The minimum Gasteiger partial charge on any atom is -0.505 e. The largest absolute Gasteiger partial charge is 0.505 e. The molecule has 0 aliphatic heterocycles. The second-order valence-corrected chi connectivity index (χ2v) is 4.85. The third-order valence-electron chi connectivity index (χ3n) is 3.06. The summed E-state index contributed by atoms with van der Waals surface area (Å²) < 4.78 is 5.43. The Morgan fingerprint density at radius 3 is 2.72 bits per heavy atom. The summed E-state index contributed by atoms with van der Waals surface area (Å²) in [4.78, 5) is 26.8. The molecule has 2 amide bonds. The molecule has 7 nitrogen and oxygen atoms in total. The number of amides is 2. The van der Waals surface area contributed by atoms with Gasteiger partial charge in [0.2, 0.25) is 5.91 Å². The fourth-order valence-corrected chi connectivity index (χ4v) is 1.80. The van der Waals surface area contributed by atoms with Crippen molar-refractivity contribution >= 4 is 11.8 Å². The maximum atomic E-state index is 11.8.